The Hall–Kier alpha value is -0.600. The first-order valence-corrected chi connectivity index (χ1v) is 5.80. The van der Waals surface area contributed by atoms with E-state index in [1.54, 1.807) is 12.1 Å². The van der Waals surface area contributed by atoms with Crippen LogP contribution in [0, 0.1) is 11.7 Å². The van der Waals surface area contributed by atoms with Crippen LogP contribution in [-0.2, 0) is 6.42 Å². The predicted molar refractivity (Wildman–Crippen MR) is 67.6 cm³/mol. The van der Waals surface area contributed by atoms with E-state index in [1.807, 2.05) is 6.07 Å². The van der Waals surface area contributed by atoms with Crippen LogP contribution < -0.4 is 5.32 Å². The monoisotopic (exact) mass is 243 g/mol. The lowest BCUT2D eigenvalue weighted by Crippen LogP contribution is -2.27. The molecule has 1 fully saturated rings. The summed E-state index contributed by atoms with van der Waals surface area (Å²) in [6.45, 7) is 2.29. The van der Waals surface area contributed by atoms with Gasteiger partial charge in [0.15, 0.2) is 0 Å². The van der Waals surface area contributed by atoms with Crippen LogP contribution in [0.1, 0.15) is 24.8 Å². The molecule has 1 saturated heterocycles. The maximum Gasteiger partial charge on any atom is 0.123 e. The second kappa shape index (κ2) is 6.87. The first-order valence-electron chi connectivity index (χ1n) is 5.80. The Morgan fingerprint density at radius 1 is 1.25 bits per heavy atom. The first kappa shape index (κ1) is 13.5. The van der Waals surface area contributed by atoms with Crippen LogP contribution >= 0.6 is 12.4 Å². The fourth-order valence-corrected chi connectivity index (χ4v) is 2.23. The molecule has 1 aliphatic heterocycles. The van der Waals surface area contributed by atoms with Gasteiger partial charge in [0, 0.05) is 0 Å². The SMILES string of the molecule is Cl.Fc1cccc(CCC2CCNCC2)c1. The minimum absolute atomic E-state index is 0. The van der Waals surface area contributed by atoms with Crippen molar-refractivity contribution in [3.63, 3.8) is 0 Å². The molecule has 1 aromatic rings. The third-order valence-corrected chi connectivity index (χ3v) is 3.19. The average Bonchev–Trinajstić information content (AvgIpc) is 2.28. The molecule has 0 radical (unpaired) electrons. The van der Waals surface area contributed by atoms with Crippen LogP contribution in [-0.4, -0.2) is 13.1 Å². The average molecular weight is 244 g/mol. The molecule has 0 saturated carbocycles. The van der Waals surface area contributed by atoms with E-state index < -0.39 is 0 Å². The Morgan fingerprint density at radius 3 is 2.69 bits per heavy atom. The molecule has 1 N–H and O–H groups in total. The Morgan fingerprint density at radius 2 is 2.00 bits per heavy atom. The summed E-state index contributed by atoms with van der Waals surface area (Å²) in [6.07, 6.45) is 4.76. The van der Waals surface area contributed by atoms with E-state index in [9.17, 15) is 4.39 Å². The third kappa shape index (κ3) is 4.11. The van der Waals surface area contributed by atoms with Crippen LogP contribution in [0.25, 0.3) is 0 Å². The summed E-state index contributed by atoms with van der Waals surface area (Å²) in [5.41, 5.74) is 1.13. The van der Waals surface area contributed by atoms with Crippen molar-refractivity contribution in [2.24, 2.45) is 5.92 Å². The van der Waals surface area contributed by atoms with Crippen molar-refractivity contribution in [1.29, 1.82) is 0 Å². The van der Waals surface area contributed by atoms with Gasteiger partial charge in [0.2, 0.25) is 0 Å². The second-order valence-corrected chi connectivity index (χ2v) is 4.36. The van der Waals surface area contributed by atoms with Crippen molar-refractivity contribution in [2.75, 3.05) is 13.1 Å². The highest BCUT2D eigenvalue weighted by molar-refractivity contribution is 5.85. The van der Waals surface area contributed by atoms with Gasteiger partial charge in [-0.05, 0) is 62.4 Å². The lowest BCUT2D eigenvalue weighted by Gasteiger charge is -2.22. The maximum absolute atomic E-state index is 12.9. The van der Waals surface area contributed by atoms with Gasteiger partial charge in [0.05, 0.1) is 0 Å². The highest BCUT2D eigenvalue weighted by Gasteiger charge is 2.12. The molecule has 0 amide bonds. The molecule has 2 rings (SSSR count). The molecule has 16 heavy (non-hydrogen) atoms. The van der Waals surface area contributed by atoms with Gasteiger partial charge in [-0.2, -0.15) is 0 Å². The molecule has 0 aliphatic carbocycles. The van der Waals surface area contributed by atoms with Gasteiger partial charge in [0.1, 0.15) is 5.82 Å². The molecule has 0 atom stereocenters. The van der Waals surface area contributed by atoms with Crippen molar-refractivity contribution < 1.29 is 4.39 Å². The molecular formula is C13H19ClFN. The molecule has 1 aromatic carbocycles. The summed E-state index contributed by atoms with van der Waals surface area (Å²) >= 11 is 0. The summed E-state index contributed by atoms with van der Waals surface area (Å²) in [7, 11) is 0. The van der Waals surface area contributed by atoms with E-state index >= 15 is 0 Å². The smallest absolute Gasteiger partial charge is 0.123 e. The first-order chi connectivity index (χ1) is 7.34. The molecule has 1 heterocycles. The third-order valence-electron chi connectivity index (χ3n) is 3.19. The zero-order valence-corrected chi connectivity index (χ0v) is 10.2. The van der Waals surface area contributed by atoms with Gasteiger partial charge in [-0.25, -0.2) is 4.39 Å². The van der Waals surface area contributed by atoms with Crippen molar-refractivity contribution in [2.45, 2.75) is 25.7 Å². The molecule has 1 nitrogen and oxygen atoms in total. The topological polar surface area (TPSA) is 12.0 Å². The van der Waals surface area contributed by atoms with Crippen LogP contribution in [0.2, 0.25) is 0 Å². The Bertz CT molecular complexity index is 311. The Labute approximate surface area is 103 Å². The standard InChI is InChI=1S/C13H18FN.ClH/c14-13-3-1-2-12(10-13)5-4-11-6-8-15-9-7-11;/h1-3,10-11,15H,4-9H2;1H. The van der Waals surface area contributed by atoms with E-state index in [4.69, 9.17) is 0 Å². The molecule has 1 aliphatic rings. The second-order valence-electron chi connectivity index (χ2n) is 4.36. The van der Waals surface area contributed by atoms with Gasteiger partial charge < -0.3 is 5.32 Å². The van der Waals surface area contributed by atoms with Gasteiger partial charge >= 0.3 is 0 Å². The lowest BCUT2D eigenvalue weighted by atomic mass is 9.91. The largest absolute Gasteiger partial charge is 0.317 e. The van der Waals surface area contributed by atoms with Gasteiger partial charge in [-0.15, -0.1) is 12.4 Å². The van der Waals surface area contributed by atoms with Crippen LogP contribution in [0.3, 0.4) is 0 Å². The summed E-state index contributed by atoms with van der Waals surface area (Å²) in [5.74, 6) is 0.715. The molecule has 0 aromatic heterocycles. The zero-order chi connectivity index (χ0) is 10.5. The Balaban J connectivity index is 0.00000128. The Kier molecular flexibility index (Phi) is 5.78. The molecule has 3 heteroatoms. The van der Waals surface area contributed by atoms with Gasteiger partial charge in [-0.1, -0.05) is 12.1 Å². The minimum Gasteiger partial charge on any atom is -0.317 e. The number of hydrogen-bond donors (Lipinski definition) is 1. The zero-order valence-electron chi connectivity index (χ0n) is 9.42. The van der Waals surface area contributed by atoms with E-state index in [0.29, 0.717) is 0 Å². The summed E-state index contributed by atoms with van der Waals surface area (Å²) in [6, 6.07) is 6.98. The normalized spacial score (nSPS) is 16.8. The number of aryl methyl sites for hydroxylation is 1. The molecule has 0 spiro atoms. The van der Waals surface area contributed by atoms with Crippen molar-refractivity contribution in [3.05, 3.63) is 35.6 Å². The maximum atomic E-state index is 12.9. The van der Waals surface area contributed by atoms with Crippen LogP contribution in [0.4, 0.5) is 4.39 Å². The van der Waals surface area contributed by atoms with Crippen LogP contribution in [0.15, 0.2) is 24.3 Å². The van der Waals surface area contributed by atoms with E-state index in [1.165, 1.54) is 25.3 Å². The van der Waals surface area contributed by atoms with E-state index in [2.05, 4.69) is 5.32 Å². The lowest BCUT2D eigenvalue weighted by molar-refractivity contribution is 0.354. The number of nitrogens with one attached hydrogen (secondary N) is 1. The number of hydrogen-bond acceptors (Lipinski definition) is 1. The predicted octanol–water partition coefficient (Wildman–Crippen LogP) is 3.18. The molecule has 0 bridgehead atoms. The fourth-order valence-electron chi connectivity index (χ4n) is 2.23. The molecule has 0 unspecified atom stereocenters. The van der Waals surface area contributed by atoms with Gasteiger partial charge in [-0.3, -0.25) is 0 Å². The van der Waals surface area contributed by atoms with Crippen molar-refractivity contribution in [3.8, 4) is 0 Å². The van der Waals surface area contributed by atoms with Crippen LogP contribution in [0.5, 0.6) is 0 Å². The summed E-state index contributed by atoms with van der Waals surface area (Å²) < 4.78 is 12.9. The van der Waals surface area contributed by atoms with E-state index in [-0.39, 0.29) is 18.2 Å². The quantitative estimate of drug-likeness (QED) is 0.860. The number of piperidine rings is 1. The number of halogens is 2. The highest BCUT2D eigenvalue weighted by Crippen LogP contribution is 2.18. The van der Waals surface area contributed by atoms with Crippen molar-refractivity contribution >= 4 is 12.4 Å². The summed E-state index contributed by atoms with van der Waals surface area (Å²) in [5, 5.41) is 3.36. The number of benzene rings is 1. The summed E-state index contributed by atoms with van der Waals surface area (Å²) in [4.78, 5) is 0. The van der Waals surface area contributed by atoms with E-state index in [0.717, 1.165) is 31.0 Å². The molecule has 90 valence electrons. The molecular weight excluding hydrogens is 225 g/mol. The van der Waals surface area contributed by atoms with Gasteiger partial charge in [0.25, 0.3) is 0 Å². The highest BCUT2D eigenvalue weighted by atomic mass is 35.5. The fraction of sp³-hybridized carbons (Fsp3) is 0.538. The number of rotatable bonds is 3. The van der Waals surface area contributed by atoms with Crippen molar-refractivity contribution in [1.82, 2.24) is 5.32 Å². The minimum atomic E-state index is -0.113.